The lowest BCUT2D eigenvalue weighted by atomic mass is 9.92. The van der Waals surface area contributed by atoms with Gasteiger partial charge in [-0.3, -0.25) is 4.68 Å². The van der Waals surface area contributed by atoms with Crippen molar-refractivity contribution in [3.63, 3.8) is 0 Å². The Morgan fingerprint density at radius 3 is 2.50 bits per heavy atom. The Morgan fingerprint density at radius 2 is 1.96 bits per heavy atom. The van der Waals surface area contributed by atoms with Crippen molar-refractivity contribution >= 4 is 21.6 Å². The van der Waals surface area contributed by atoms with E-state index in [1.54, 1.807) is 0 Å². The molecule has 2 aromatic rings. The molecule has 2 aromatic heterocycles. The fourth-order valence-electron chi connectivity index (χ4n) is 3.30. The fraction of sp³-hybridized carbons (Fsp3) is 0.471. The largest absolute Gasteiger partial charge is 0.325 e. The molecular formula is C17H21F2N5O3S. The van der Waals surface area contributed by atoms with Gasteiger partial charge in [0, 0.05) is 26.1 Å². The van der Waals surface area contributed by atoms with Gasteiger partial charge in [-0.05, 0) is 38.0 Å². The fourth-order valence-corrected chi connectivity index (χ4v) is 5.02. The van der Waals surface area contributed by atoms with Crippen LogP contribution >= 0.6 is 0 Å². The van der Waals surface area contributed by atoms with Gasteiger partial charge in [0.2, 0.25) is 20.8 Å². The second-order valence-corrected chi connectivity index (χ2v) is 9.07. The van der Waals surface area contributed by atoms with Crippen LogP contribution in [0.3, 0.4) is 0 Å². The average molecular weight is 413 g/mol. The minimum Gasteiger partial charge on any atom is -0.325 e. The number of carbonyl (C=O) groups excluding carboxylic acids is 1. The van der Waals surface area contributed by atoms with Gasteiger partial charge in [0.05, 0.1) is 18.1 Å². The molecular weight excluding hydrogens is 392 g/mol. The van der Waals surface area contributed by atoms with E-state index >= 15 is 4.39 Å². The number of amides is 2. The van der Waals surface area contributed by atoms with Gasteiger partial charge in [0.1, 0.15) is 0 Å². The summed E-state index contributed by atoms with van der Waals surface area (Å²) in [6, 6.07) is 3.35. The molecule has 3 heterocycles. The number of sulfone groups is 1. The Hall–Kier alpha value is -2.56. The predicted octanol–water partition coefficient (Wildman–Crippen LogP) is 2.36. The van der Waals surface area contributed by atoms with E-state index in [1.807, 2.05) is 0 Å². The maximum Gasteiger partial charge on any atom is 0.321 e. The van der Waals surface area contributed by atoms with Gasteiger partial charge in [0.25, 0.3) is 0 Å². The first-order valence-electron chi connectivity index (χ1n) is 8.72. The molecule has 1 aliphatic heterocycles. The Balaban J connectivity index is 1.65. The highest BCUT2D eigenvalue weighted by Crippen LogP contribution is 2.39. The maximum absolute atomic E-state index is 15.4. The number of pyridine rings is 1. The molecule has 28 heavy (non-hydrogen) atoms. The molecule has 8 nitrogen and oxygen atoms in total. The average Bonchev–Trinajstić information content (AvgIpc) is 3.10. The standard InChI is InChI=1S/C17H21F2N5O3S/c1-17(19,28(26,27)15-5-8-21-23(15)2)12-6-9-24(10-7-12)16(25)22-13-3-4-14(18)20-11-13/h3-5,8,11-12H,6-7,9-10H2,1-2H3,(H,22,25). The van der Waals surface area contributed by atoms with E-state index in [4.69, 9.17) is 0 Å². The van der Waals surface area contributed by atoms with Crippen LogP contribution in [0.25, 0.3) is 0 Å². The number of piperidine rings is 1. The first-order valence-corrected chi connectivity index (χ1v) is 10.2. The third kappa shape index (κ3) is 3.71. The lowest BCUT2D eigenvalue weighted by Crippen LogP contribution is -2.48. The number of urea groups is 1. The van der Waals surface area contributed by atoms with Crippen molar-refractivity contribution < 1.29 is 22.0 Å². The molecule has 11 heteroatoms. The smallest absolute Gasteiger partial charge is 0.321 e. The summed E-state index contributed by atoms with van der Waals surface area (Å²) in [5, 5.41) is 3.73. The number of carbonyl (C=O) groups is 1. The van der Waals surface area contributed by atoms with Crippen molar-refractivity contribution in [3.8, 4) is 0 Å². The topological polar surface area (TPSA) is 97.2 Å². The summed E-state index contributed by atoms with van der Waals surface area (Å²) in [6.07, 6.45) is 2.89. The molecule has 0 bridgehead atoms. The van der Waals surface area contributed by atoms with E-state index in [-0.39, 0.29) is 31.0 Å². The molecule has 0 radical (unpaired) electrons. The zero-order chi connectivity index (χ0) is 20.5. The zero-order valence-electron chi connectivity index (χ0n) is 15.5. The number of hydrogen-bond acceptors (Lipinski definition) is 5. The number of aryl methyl sites for hydroxylation is 1. The second-order valence-electron chi connectivity index (χ2n) is 6.84. The minimum atomic E-state index is -4.24. The minimum absolute atomic E-state index is 0.179. The highest BCUT2D eigenvalue weighted by molar-refractivity contribution is 7.92. The first kappa shape index (κ1) is 20.2. The molecule has 0 aromatic carbocycles. The van der Waals surface area contributed by atoms with Crippen LogP contribution in [-0.2, 0) is 16.9 Å². The summed E-state index contributed by atoms with van der Waals surface area (Å²) in [7, 11) is -2.80. The van der Waals surface area contributed by atoms with Crippen molar-refractivity contribution in [2.24, 2.45) is 13.0 Å². The summed E-state index contributed by atoms with van der Waals surface area (Å²) >= 11 is 0. The highest BCUT2D eigenvalue weighted by Gasteiger charge is 2.49. The van der Waals surface area contributed by atoms with Crippen molar-refractivity contribution in [1.82, 2.24) is 19.7 Å². The van der Waals surface area contributed by atoms with Gasteiger partial charge < -0.3 is 10.2 Å². The number of nitrogens with one attached hydrogen (secondary N) is 1. The van der Waals surface area contributed by atoms with Crippen LogP contribution in [0.1, 0.15) is 19.8 Å². The van der Waals surface area contributed by atoms with Crippen LogP contribution < -0.4 is 5.32 Å². The molecule has 152 valence electrons. The number of likely N-dealkylation sites (tertiary alicyclic amines) is 1. The van der Waals surface area contributed by atoms with Crippen LogP contribution in [0.4, 0.5) is 19.3 Å². The maximum atomic E-state index is 15.4. The Morgan fingerprint density at radius 1 is 1.29 bits per heavy atom. The number of rotatable bonds is 4. The van der Waals surface area contributed by atoms with Gasteiger partial charge in [-0.1, -0.05) is 0 Å². The summed E-state index contributed by atoms with van der Waals surface area (Å²) in [6.45, 7) is 1.47. The Labute approximate surface area is 161 Å². The van der Waals surface area contributed by atoms with Crippen LogP contribution in [0.5, 0.6) is 0 Å². The Kier molecular flexibility index (Phi) is 5.37. The van der Waals surface area contributed by atoms with Gasteiger partial charge >= 0.3 is 6.03 Å². The van der Waals surface area contributed by atoms with Crippen molar-refractivity contribution in [2.45, 2.75) is 29.8 Å². The van der Waals surface area contributed by atoms with Crippen LogP contribution in [0.2, 0.25) is 0 Å². The van der Waals surface area contributed by atoms with Gasteiger partial charge in [0.15, 0.2) is 5.03 Å². The van der Waals surface area contributed by atoms with Crippen molar-refractivity contribution in [1.29, 1.82) is 0 Å². The molecule has 1 aliphatic rings. The van der Waals surface area contributed by atoms with Gasteiger partial charge in [-0.15, -0.1) is 0 Å². The second kappa shape index (κ2) is 7.46. The van der Waals surface area contributed by atoms with E-state index in [0.717, 1.165) is 17.7 Å². The molecule has 0 spiro atoms. The number of nitrogens with zero attached hydrogens (tertiary/aromatic N) is 4. The number of hydrogen-bond donors (Lipinski definition) is 1. The lowest BCUT2D eigenvalue weighted by Gasteiger charge is -2.37. The molecule has 1 fully saturated rings. The summed E-state index contributed by atoms with van der Waals surface area (Å²) < 4.78 is 54.9. The summed E-state index contributed by atoms with van der Waals surface area (Å²) in [5.41, 5.74) is 0.336. The van der Waals surface area contributed by atoms with E-state index < -0.39 is 32.7 Å². The zero-order valence-corrected chi connectivity index (χ0v) is 16.3. The lowest BCUT2D eigenvalue weighted by molar-refractivity contribution is 0.117. The van der Waals surface area contributed by atoms with E-state index in [1.165, 1.54) is 36.5 Å². The molecule has 0 aliphatic carbocycles. The van der Waals surface area contributed by atoms with E-state index in [9.17, 15) is 17.6 Å². The van der Waals surface area contributed by atoms with Gasteiger partial charge in [-0.25, -0.2) is 22.6 Å². The number of alkyl halides is 1. The predicted molar refractivity (Wildman–Crippen MR) is 97.4 cm³/mol. The molecule has 2 amide bonds. The number of anilines is 1. The number of halogens is 2. The van der Waals surface area contributed by atoms with Crippen LogP contribution in [0, 0.1) is 11.9 Å². The van der Waals surface area contributed by atoms with Crippen LogP contribution in [-0.4, -0.2) is 52.2 Å². The SMILES string of the molecule is Cn1nccc1S(=O)(=O)C(C)(F)C1CCN(C(=O)Nc2ccc(F)nc2)CC1. The molecule has 1 saturated heterocycles. The molecule has 1 atom stereocenters. The van der Waals surface area contributed by atoms with Crippen molar-refractivity contribution in [2.75, 3.05) is 18.4 Å². The third-order valence-electron chi connectivity index (χ3n) is 5.07. The normalized spacial score (nSPS) is 17.9. The summed E-state index contributed by atoms with van der Waals surface area (Å²) in [5.74, 6) is -1.42. The highest BCUT2D eigenvalue weighted by atomic mass is 32.2. The molecule has 3 rings (SSSR count). The number of aromatic nitrogens is 3. The van der Waals surface area contributed by atoms with Crippen LogP contribution in [0.15, 0.2) is 35.6 Å². The quantitative estimate of drug-likeness (QED) is 0.776. The third-order valence-corrected chi connectivity index (χ3v) is 7.40. The molecule has 1 N–H and O–H groups in total. The first-order chi connectivity index (χ1) is 13.1. The monoisotopic (exact) mass is 413 g/mol. The molecule has 0 saturated carbocycles. The molecule has 1 unspecified atom stereocenters. The summed E-state index contributed by atoms with van der Waals surface area (Å²) in [4.78, 5) is 17.2. The van der Waals surface area contributed by atoms with Gasteiger partial charge in [-0.2, -0.15) is 9.49 Å². The van der Waals surface area contributed by atoms with E-state index in [2.05, 4.69) is 15.4 Å². The Bertz CT molecular complexity index is 951. The van der Waals surface area contributed by atoms with E-state index in [0.29, 0.717) is 5.69 Å². The van der Waals surface area contributed by atoms with Crippen molar-refractivity contribution in [3.05, 3.63) is 36.5 Å².